The van der Waals surface area contributed by atoms with Crippen LogP contribution in [0, 0.1) is 11.7 Å². The summed E-state index contributed by atoms with van der Waals surface area (Å²) in [4.78, 5) is 27.8. The topological polar surface area (TPSA) is 97.1 Å². The van der Waals surface area contributed by atoms with Crippen molar-refractivity contribution in [3.05, 3.63) is 47.9 Å². The zero-order chi connectivity index (χ0) is 18.3. The molecule has 26 heavy (non-hydrogen) atoms. The Morgan fingerprint density at radius 2 is 1.88 bits per heavy atom. The van der Waals surface area contributed by atoms with E-state index in [2.05, 4.69) is 15.6 Å². The van der Waals surface area contributed by atoms with E-state index in [1.807, 2.05) is 6.07 Å². The lowest BCUT2D eigenvalue weighted by Gasteiger charge is -2.04. The van der Waals surface area contributed by atoms with E-state index in [-0.39, 0.29) is 23.3 Å². The van der Waals surface area contributed by atoms with Gasteiger partial charge in [-0.3, -0.25) is 9.59 Å². The van der Waals surface area contributed by atoms with Crippen molar-refractivity contribution in [2.75, 3.05) is 10.6 Å². The number of nitrogens with zero attached hydrogens (tertiary/aromatic N) is 1. The van der Waals surface area contributed by atoms with Crippen LogP contribution in [0.5, 0.6) is 0 Å². The van der Waals surface area contributed by atoms with Crippen molar-refractivity contribution >= 4 is 49.7 Å². The maximum atomic E-state index is 13.3. The Labute approximate surface area is 152 Å². The second kappa shape index (κ2) is 6.38. The molecule has 0 atom stereocenters. The number of aromatic nitrogens is 1. The number of carbonyl (C=O) groups excluding carboxylic acids is 2. The Bertz CT molecular complexity index is 1030. The van der Waals surface area contributed by atoms with Gasteiger partial charge in [0.15, 0.2) is 10.8 Å². The summed E-state index contributed by atoms with van der Waals surface area (Å²) >= 11 is 1.15. The summed E-state index contributed by atoms with van der Waals surface area (Å²) in [7, 11) is 0. The van der Waals surface area contributed by atoms with E-state index in [1.54, 1.807) is 18.2 Å². The third-order valence-electron chi connectivity index (χ3n) is 4.10. The molecule has 0 unspecified atom stereocenters. The van der Waals surface area contributed by atoms with E-state index in [0.29, 0.717) is 10.1 Å². The summed E-state index contributed by atoms with van der Waals surface area (Å²) in [6.07, 6.45) is 1.72. The molecule has 1 heterocycles. The predicted molar refractivity (Wildman–Crippen MR) is 99.2 cm³/mol. The summed E-state index contributed by atoms with van der Waals surface area (Å²) in [6.45, 7) is 0. The Hall–Kier alpha value is -3.00. The van der Waals surface area contributed by atoms with Crippen molar-refractivity contribution in [2.45, 2.75) is 12.8 Å². The van der Waals surface area contributed by atoms with E-state index in [9.17, 15) is 14.0 Å². The molecule has 1 aliphatic rings. The van der Waals surface area contributed by atoms with Crippen LogP contribution in [-0.2, 0) is 4.79 Å². The van der Waals surface area contributed by atoms with Gasteiger partial charge < -0.3 is 16.4 Å². The van der Waals surface area contributed by atoms with Crippen molar-refractivity contribution in [1.29, 1.82) is 0 Å². The van der Waals surface area contributed by atoms with E-state index in [1.165, 1.54) is 12.1 Å². The second-order valence-corrected chi connectivity index (χ2v) is 7.15. The third kappa shape index (κ3) is 3.36. The Balaban J connectivity index is 1.60. The van der Waals surface area contributed by atoms with Gasteiger partial charge in [0.05, 0.1) is 0 Å². The first-order valence-electron chi connectivity index (χ1n) is 8.07. The Morgan fingerprint density at radius 1 is 1.15 bits per heavy atom. The van der Waals surface area contributed by atoms with Crippen LogP contribution in [0.25, 0.3) is 10.8 Å². The molecule has 1 fully saturated rings. The first-order valence-corrected chi connectivity index (χ1v) is 8.89. The molecular formula is C18H15FN4O2S. The van der Waals surface area contributed by atoms with Crippen molar-refractivity contribution in [3.8, 4) is 0 Å². The minimum atomic E-state index is -0.700. The minimum Gasteiger partial charge on any atom is -0.364 e. The zero-order valence-electron chi connectivity index (χ0n) is 13.6. The van der Waals surface area contributed by atoms with E-state index in [4.69, 9.17) is 5.73 Å². The van der Waals surface area contributed by atoms with E-state index in [0.717, 1.165) is 40.6 Å². The van der Waals surface area contributed by atoms with Gasteiger partial charge in [0.2, 0.25) is 5.91 Å². The Kier molecular flexibility index (Phi) is 4.04. The molecular weight excluding hydrogens is 355 g/mol. The summed E-state index contributed by atoms with van der Waals surface area (Å²) < 4.78 is 13.3. The molecule has 1 saturated carbocycles. The number of thiazole rings is 1. The monoisotopic (exact) mass is 370 g/mol. The molecule has 1 aromatic heterocycles. The van der Waals surface area contributed by atoms with Crippen molar-refractivity contribution < 1.29 is 14.0 Å². The quantitative estimate of drug-likeness (QED) is 0.639. The standard InChI is InChI=1S/C18H15FN4O2S/c19-12-5-3-11-8-13(6-4-10(11)7-12)21-18-22-14(15(20)24)17(26-18)23-16(25)9-1-2-9/h3-9H,1-2H2,(H2,20,24)(H,21,22)(H,23,25). The van der Waals surface area contributed by atoms with Crippen LogP contribution >= 0.6 is 11.3 Å². The summed E-state index contributed by atoms with van der Waals surface area (Å²) in [5, 5.41) is 8.26. The van der Waals surface area contributed by atoms with Crippen LogP contribution in [0.2, 0.25) is 0 Å². The first kappa shape index (κ1) is 16.5. The van der Waals surface area contributed by atoms with Gasteiger partial charge in [0.25, 0.3) is 5.91 Å². The zero-order valence-corrected chi connectivity index (χ0v) is 14.4. The van der Waals surface area contributed by atoms with Crippen LogP contribution in [0.3, 0.4) is 0 Å². The van der Waals surface area contributed by atoms with Gasteiger partial charge in [-0.05, 0) is 47.9 Å². The fraction of sp³-hybridized carbons (Fsp3) is 0.167. The number of primary amides is 1. The number of carbonyl (C=O) groups is 2. The number of benzene rings is 2. The number of hydrogen-bond donors (Lipinski definition) is 3. The lowest BCUT2D eigenvalue weighted by molar-refractivity contribution is -0.117. The SMILES string of the molecule is NC(=O)c1nc(Nc2ccc3cc(F)ccc3c2)sc1NC(=O)C1CC1. The number of rotatable bonds is 5. The molecule has 1 aliphatic carbocycles. The van der Waals surface area contributed by atoms with Gasteiger partial charge in [0.1, 0.15) is 10.8 Å². The van der Waals surface area contributed by atoms with Gasteiger partial charge in [-0.15, -0.1) is 0 Å². The summed E-state index contributed by atoms with van der Waals surface area (Å²) in [5.41, 5.74) is 6.13. The Morgan fingerprint density at radius 3 is 2.62 bits per heavy atom. The number of nitrogens with two attached hydrogens (primary N) is 1. The van der Waals surface area contributed by atoms with Crippen molar-refractivity contribution in [3.63, 3.8) is 0 Å². The van der Waals surface area contributed by atoms with Gasteiger partial charge in [-0.25, -0.2) is 9.37 Å². The third-order valence-corrected chi connectivity index (χ3v) is 4.99. The highest BCUT2D eigenvalue weighted by molar-refractivity contribution is 7.20. The molecule has 0 spiro atoms. The fourth-order valence-corrected chi connectivity index (χ4v) is 3.50. The maximum Gasteiger partial charge on any atom is 0.270 e. The first-order chi connectivity index (χ1) is 12.5. The smallest absolute Gasteiger partial charge is 0.270 e. The molecule has 2 aromatic carbocycles. The average Bonchev–Trinajstić information content (AvgIpc) is 3.38. The maximum absolute atomic E-state index is 13.3. The van der Waals surface area contributed by atoms with Crippen molar-refractivity contribution in [2.24, 2.45) is 11.7 Å². The molecule has 0 aliphatic heterocycles. The van der Waals surface area contributed by atoms with Crippen LogP contribution in [-0.4, -0.2) is 16.8 Å². The molecule has 6 nitrogen and oxygen atoms in total. The van der Waals surface area contributed by atoms with Crippen molar-refractivity contribution in [1.82, 2.24) is 4.98 Å². The highest BCUT2D eigenvalue weighted by Crippen LogP contribution is 2.35. The number of fused-ring (bicyclic) bond motifs is 1. The van der Waals surface area contributed by atoms with Gasteiger partial charge in [-0.1, -0.05) is 23.5 Å². The van der Waals surface area contributed by atoms with Gasteiger partial charge >= 0.3 is 0 Å². The molecule has 0 saturated heterocycles. The van der Waals surface area contributed by atoms with E-state index < -0.39 is 5.91 Å². The molecule has 4 N–H and O–H groups in total. The fourth-order valence-electron chi connectivity index (χ4n) is 2.60. The lowest BCUT2D eigenvalue weighted by atomic mass is 10.1. The molecule has 0 bridgehead atoms. The highest BCUT2D eigenvalue weighted by atomic mass is 32.1. The molecule has 132 valence electrons. The normalized spacial score (nSPS) is 13.6. The second-order valence-electron chi connectivity index (χ2n) is 6.16. The largest absolute Gasteiger partial charge is 0.364 e. The lowest BCUT2D eigenvalue weighted by Crippen LogP contribution is -2.18. The molecule has 3 aromatic rings. The summed E-state index contributed by atoms with van der Waals surface area (Å²) in [6, 6.07) is 9.97. The van der Waals surface area contributed by atoms with Crippen LogP contribution in [0.1, 0.15) is 23.3 Å². The average molecular weight is 370 g/mol. The minimum absolute atomic E-state index is 0.00937. The molecule has 2 amide bonds. The summed E-state index contributed by atoms with van der Waals surface area (Å²) in [5.74, 6) is -1.10. The van der Waals surface area contributed by atoms with Crippen LogP contribution in [0.4, 0.5) is 20.2 Å². The van der Waals surface area contributed by atoms with Crippen LogP contribution < -0.4 is 16.4 Å². The van der Waals surface area contributed by atoms with Crippen LogP contribution in [0.15, 0.2) is 36.4 Å². The molecule has 0 radical (unpaired) electrons. The number of halogens is 1. The van der Waals surface area contributed by atoms with E-state index >= 15 is 0 Å². The van der Waals surface area contributed by atoms with Gasteiger partial charge in [0, 0.05) is 11.6 Å². The number of nitrogens with one attached hydrogen (secondary N) is 2. The number of hydrogen-bond acceptors (Lipinski definition) is 5. The molecule has 4 rings (SSSR count). The molecule has 8 heteroatoms. The predicted octanol–water partition coefficient (Wildman–Crippen LogP) is 3.63. The van der Waals surface area contributed by atoms with Gasteiger partial charge in [-0.2, -0.15) is 0 Å². The number of anilines is 3. The number of amides is 2. The highest BCUT2D eigenvalue weighted by Gasteiger charge is 2.31.